The maximum atomic E-state index is 12.1. The molecule has 0 radical (unpaired) electrons. The number of piperidine rings is 1. The van der Waals surface area contributed by atoms with Crippen LogP contribution in [0.15, 0.2) is 0 Å². The zero-order chi connectivity index (χ0) is 13.0. The van der Waals surface area contributed by atoms with Gasteiger partial charge in [0.1, 0.15) is 0 Å². The number of amides is 1. The number of carbonyl (C=O) groups is 1. The molecular formula is C15H28N2O. The van der Waals surface area contributed by atoms with Crippen molar-refractivity contribution in [2.45, 2.75) is 70.9 Å². The highest BCUT2D eigenvalue weighted by molar-refractivity contribution is 5.78. The van der Waals surface area contributed by atoms with Crippen LogP contribution in [0.2, 0.25) is 0 Å². The first-order valence-electron chi connectivity index (χ1n) is 7.69. The second-order valence-corrected chi connectivity index (χ2v) is 6.40. The SMILES string of the molecule is CC1CCC(C(=O)NCC2CCCC(C)N2)CC1. The second kappa shape index (κ2) is 6.55. The lowest BCUT2D eigenvalue weighted by atomic mass is 9.82. The topological polar surface area (TPSA) is 41.1 Å². The van der Waals surface area contributed by atoms with Crippen LogP contribution in [0.3, 0.4) is 0 Å². The molecule has 1 aliphatic carbocycles. The highest BCUT2D eigenvalue weighted by Gasteiger charge is 2.25. The summed E-state index contributed by atoms with van der Waals surface area (Å²) in [5.74, 6) is 1.39. The van der Waals surface area contributed by atoms with Crippen molar-refractivity contribution in [2.75, 3.05) is 6.54 Å². The first-order valence-corrected chi connectivity index (χ1v) is 7.69. The minimum atomic E-state index is 0.280. The Morgan fingerprint density at radius 1 is 1.11 bits per heavy atom. The van der Waals surface area contributed by atoms with E-state index in [1.165, 1.54) is 32.1 Å². The molecule has 2 aliphatic rings. The number of hydrogen-bond donors (Lipinski definition) is 2. The van der Waals surface area contributed by atoms with E-state index in [1.54, 1.807) is 0 Å². The lowest BCUT2D eigenvalue weighted by molar-refractivity contribution is -0.126. The number of rotatable bonds is 3. The molecule has 3 heteroatoms. The van der Waals surface area contributed by atoms with Gasteiger partial charge in [0, 0.05) is 24.5 Å². The molecule has 0 spiro atoms. The maximum Gasteiger partial charge on any atom is 0.223 e. The molecule has 3 nitrogen and oxygen atoms in total. The fourth-order valence-electron chi connectivity index (χ4n) is 3.29. The Bertz CT molecular complexity index is 272. The molecule has 18 heavy (non-hydrogen) atoms. The van der Waals surface area contributed by atoms with Crippen molar-refractivity contribution in [3.8, 4) is 0 Å². The van der Waals surface area contributed by atoms with Gasteiger partial charge in [0.05, 0.1) is 0 Å². The molecule has 2 fully saturated rings. The van der Waals surface area contributed by atoms with Crippen molar-refractivity contribution in [1.29, 1.82) is 0 Å². The largest absolute Gasteiger partial charge is 0.354 e. The molecule has 0 aromatic carbocycles. The van der Waals surface area contributed by atoms with Crippen molar-refractivity contribution >= 4 is 5.91 Å². The fraction of sp³-hybridized carbons (Fsp3) is 0.933. The highest BCUT2D eigenvalue weighted by atomic mass is 16.1. The van der Waals surface area contributed by atoms with Crippen molar-refractivity contribution < 1.29 is 4.79 Å². The molecule has 1 saturated carbocycles. The van der Waals surface area contributed by atoms with Crippen LogP contribution in [-0.2, 0) is 4.79 Å². The van der Waals surface area contributed by atoms with Crippen LogP contribution in [0.4, 0.5) is 0 Å². The zero-order valence-corrected chi connectivity index (χ0v) is 11.9. The zero-order valence-electron chi connectivity index (χ0n) is 11.9. The predicted molar refractivity (Wildman–Crippen MR) is 74.4 cm³/mol. The summed E-state index contributed by atoms with van der Waals surface area (Å²) in [6, 6.07) is 1.09. The quantitative estimate of drug-likeness (QED) is 0.810. The molecule has 2 unspecified atom stereocenters. The predicted octanol–water partition coefficient (Wildman–Crippen LogP) is 2.46. The number of carbonyl (C=O) groups excluding carboxylic acids is 1. The third-order valence-electron chi connectivity index (χ3n) is 4.62. The second-order valence-electron chi connectivity index (χ2n) is 6.40. The van der Waals surface area contributed by atoms with E-state index in [4.69, 9.17) is 0 Å². The molecule has 2 rings (SSSR count). The van der Waals surface area contributed by atoms with E-state index in [-0.39, 0.29) is 5.92 Å². The first kappa shape index (κ1) is 13.9. The van der Waals surface area contributed by atoms with Crippen molar-refractivity contribution in [2.24, 2.45) is 11.8 Å². The van der Waals surface area contributed by atoms with Gasteiger partial charge in [-0.25, -0.2) is 0 Å². The van der Waals surface area contributed by atoms with Gasteiger partial charge in [-0.2, -0.15) is 0 Å². The maximum absolute atomic E-state index is 12.1. The van der Waals surface area contributed by atoms with Crippen LogP contribution in [0.25, 0.3) is 0 Å². The van der Waals surface area contributed by atoms with Gasteiger partial charge in [-0.1, -0.05) is 13.3 Å². The van der Waals surface area contributed by atoms with Gasteiger partial charge >= 0.3 is 0 Å². The lowest BCUT2D eigenvalue weighted by Crippen LogP contribution is -2.48. The summed E-state index contributed by atoms with van der Waals surface area (Å²) in [7, 11) is 0. The third-order valence-corrected chi connectivity index (χ3v) is 4.62. The van der Waals surface area contributed by atoms with Gasteiger partial charge in [-0.05, 0) is 51.4 Å². The molecule has 0 bridgehead atoms. The molecule has 104 valence electrons. The Morgan fingerprint density at radius 3 is 2.50 bits per heavy atom. The standard InChI is InChI=1S/C15H28N2O/c1-11-6-8-13(9-7-11)15(18)16-10-14-5-3-4-12(2)17-14/h11-14,17H,3-10H2,1-2H3,(H,16,18). The Morgan fingerprint density at radius 2 is 1.83 bits per heavy atom. The Hall–Kier alpha value is -0.570. The molecule has 2 atom stereocenters. The molecule has 1 aliphatic heterocycles. The van der Waals surface area contributed by atoms with Gasteiger partial charge in [0.25, 0.3) is 0 Å². The van der Waals surface area contributed by atoms with Crippen LogP contribution < -0.4 is 10.6 Å². The Kier molecular flexibility index (Phi) is 5.04. The first-order chi connectivity index (χ1) is 8.65. The summed E-state index contributed by atoms with van der Waals surface area (Å²) < 4.78 is 0. The summed E-state index contributed by atoms with van der Waals surface area (Å²) in [5, 5.41) is 6.72. The molecular weight excluding hydrogens is 224 g/mol. The van der Waals surface area contributed by atoms with E-state index in [0.717, 1.165) is 25.3 Å². The van der Waals surface area contributed by atoms with Gasteiger partial charge in [0.15, 0.2) is 0 Å². The summed E-state index contributed by atoms with van der Waals surface area (Å²) in [6.45, 7) is 5.34. The van der Waals surface area contributed by atoms with E-state index in [2.05, 4.69) is 24.5 Å². The average Bonchev–Trinajstić information content (AvgIpc) is 2.37. The van der Waals surface area contributed by atoms with Gasteiger partial charge in [-0.15, -0.1) is 0 Å². The minimum Gasteiger partial charge on any atom is -0.354 e. The average molecular weight is 252 g/mol. The Balaban J connectivity index is 1.68. The highest BCUT2D eigenvalue weighted by Crippen LogP contribution is 2.28. The van der Waals surface area contributed by atoms with E-state index >= 15 is 0 Å². The number of nitrogens with one attached hydrogen (secondary N) is 2. The van der Waals surface area contributed by atoms with E-state index in [9.17, 15) is 4.79 Å². The van der Waals surface area contributed by atoms with Crippen LogP contribution in [0.5, 0.6) is 0 Å². The normalized spacial score (nSPS) is 37.2. The third kappa shape index (κ3) is 3.98. The van der Waals surface area contributed by atoms with Crippen molar-refractivity contribution in [3.63, 3.8) is 0 Å². The fourth-order valence-corrected chi connectivity index (χ4v) is 3.29. The summed E-state index contributed by atoms with van der Waals surface area (Å²) >= 11 is 0. The lowest BCUT2D eigenvalue weighted by Gasteiger charge is -2.30. The van der Waals surface area contributed by atoms with Crippen LogP contribution in [0.1, 0.15) is 58.8 Å². The minimum absolute atomic E-state index is 0.280. The van der Waals surface area contributed by atoms with Crippen molar-refractivity contribution in [3.05, 3.63) is 0 Å². The van der Waals surface area contributed by atoms with E-state index in [1.807, 2.05) is 0 Å². The monoisotopic (exact) mass is 252 g/mol. The molecule has 0 aromatic heterocycles. The molecule has 2 N–H and O–H groups in total. The van der Waals surface area contributed by atoms with Crippen LogP contribution in [0, 0.1) is 11.8 Å². The van der Waals surface area contributed by atoms with Crippen LogP contribution >= 0.6 is 0 Å². The summed E-state index contributed by atoms with van der Waals surface area (Å²) in [4.78, 5) is 12.1. The summed E-state index contributed by atoms with van der Waals surface area (Å²) in [5.41, 5.74) is 0. The molecule has 1 amide bonds. The van der Waals surface area contributed by atoms with E-state index < -0.39 is 0 Å². The van der Waals surface area contributed by atoms with Crippen molar-refractivity contribution in [1.82, 2.24) is 10.6 Å². The molecule has 1 heterocycles. The molecule has 0 aromatic rings. The van der Waals surface area contributed by atoms with Gasteiger partial charge < -0.3 is 10.6 Å². The van der Waals surface area contributed by atoms with E-state index in [0.29, 0.717) is 18.0 Å². The van der Waals surface area contributed by atoms with Gasteiger partial charge in [0.2, 0.25) is 5.91 Å². The number of hydrogen-bond acceptors (Lipinski definition) is 2. The summed E-state index contributed by atoms with van der Waals surface area (Å²) in [6.07, 6.45) is 8.36. The Labute approximate surface area is 111 Å². The van der Waals surface area contributed by atoms with Crippen LogP contribution in [-0.4, -0.2) is 24.5 Å². The molecule has 1 saturated heterocycles. The smallest absolute Gasteiger partial charge is 0.223 e. The van der Waals surface area contributed by atoms with Gasteiger partial charge in [-0.3, -0.25) is 4.79 Å².